The standard InChI is InChI=1S/C16H23N3O/c1-13(2)10-17-11-15-7-8-19(18-15)16-6-4-5-14(9-16)12-20-3/h4-9,13,17H,10-12H2,1-3H3. The average molecular weight is 273 g/mol. The molecule has 2 aromatic rings. The smallest absolute Gasteiger partial charge is 0.0766 e. The molecule has 0 unspecified atom stereocenters. The first-order valence-corrected chi connectivity index (χ1v) is 7.02. The van der Waals surface area contributed by atoms with E-state index >= 15 is 0 Å². The summed E-state index contributed by atoms with van der Waals surface area (Å²) in [5, 5.41) is 7.99. The lowest BCUT2D eigenvalue weighted by molar-refractivity contribution is 0.185. The van der Waals surface area contributed by atoms with Crippen LogP contribution in [0, 0.1) is 5.92 Å². The van der Waals surface area contributed by atoms with E-state index in [0.29, 0.717) is 12.5 Å². The van der Waals surface area contributed by atoms with Gasteiger partial charge >= 0.3 is 0 Å². The van der Waals surface area contributed by atoms with Crippen LogP contribution in [0.25, 0.3) is 5.69 Å². The minimum atomic E-state index is 0.623. The van der Waals surface area contributed by atoms with E-state index in [1.807, 2.05) is 16.9 Å². The molecule has 1 N–H and O–H groups in total. The Hall–Kier alpha value is -1.65. The summed E-state index contributed by atoms with van der Waals surface area (Å²) in [6, 6.07) is 10.3. The Morgan fingerprint density at radius 2 is 2.15 bits per heavy atom. The van der Waals surface area contributed by atoms with Gasteiger partial charge in [-0.25, -0.2) is 4.68 Å². The summed E-state index contributed by atoms with van der Waals surface area (Å²) in [4.78, 5) is 0. The number of ether oxygens (including phenoxy) is 1. The summed E-state index contributed by atoms with van der Waals surface area (Å²) >= 11 is 0. The fraction of sp³-hybridized carbons (Fsp3) is 0.438. The summed E-state index contributed by atoms with van der Waals surface area (Å²) in [5.74, 6) is 0.655. The highest BCUT2D eigenvalue weighted by Gasteiger charge is 2.03. The van der Waals surface area contributed by atoms with Crippen LogP contribution in [0.2, 0.25) is 0 Å². The van der Waals surface area contributed by atoms with Gasteiger partial charge in [-0.15, -0.1) is 0 Å². The highest BCUT2D eigenvalue weighted by atomic mass is 16.5. The first-order valence-electron chi connectivity index (χ1n) is 7.02. The topological polar surface area (TPSA) is 39.1 Å². The Morgan fingerprint density at radius 3 is 2.90 bits per heavy atom. The normalized spacial score (nSPS) is 11.2. The number of nitrogens with zero attached hydrogens (tertiary/aromatic N) is 2. The second-order valence-corrected chi connectivity index (χ2v) is 5.38. The Morgan fingerprint density at radius 1 is 1.30 bits per heavy atom. The van der Waals surface area contributed by atoms with E-state index in [0.717, 1.165) is 30.0 Å². The molecule has 4 heteroatoms. The van der Waals surface area contributed by atoms with Crippen LogP contribution in [0.5, 0.6) is 0 Å². The van der Waals surface area contributed by atoms with Crippen LogP contribution in [0.15, 0.2) is 36.5 Å². The molecule has 20 heavy (non-hydrogen) atoms. The van der Waals surface area contributed by atoms with Crippen molar-refractivity contribution in [3.05, 3.63) is 47.8 Å². The van der Waals surface area contributed by atoms with Gasteiger partial charge in [0, 0.05) is 19.9 Å². The Balaban J connectivity index is 2.02. The third-order valence-electron chi connectivity index (χ3n) is 2.99. The molecule has 0 spiro atoms. The van der Waals surface area contributed by atoms with Crippen molar-refractivity contribution in [2.75, 3.05) is 13.7 Å². The molecule has 0 aliphatic rings. The van der Waals surface area contributed by atoms with Crippen molar-refractivity contribution >= 4 is 0 Å². The summed E-state index contributed by atoms with van der Waals surface area (Å²) in [7, 11) is 1.71. The quantitative estimate of drug-likeness (QED) is 0.843. The zero-order valence-corrected chi connectivity index (χ0v) is 12.5. The van der Waals surface area contributed by atoms with Crippen LogP contribution in [0.4, 0.5) is 0 Å². The highest BCUT2D eigenvalue weighted by molar-refractivity contribution is 5.35. The number of benzene rings is 1. The van der Waals surface area contributed by atoms with Crippen molar-refractivity contribution in [2.24, 2.45) is 5.92 Å². The molecule has 0 saturated carbocycles. The van der Waals surface area contributed by atoms with Gasteiger partial charge in [0.05, 0.1) is 18.0 Å². The van der Waals surface area contributed by atoms with Gasteiger partial charge in [-0.1, -0.05) is 26.0 Å². The fourth-order valence-electron chi connectivity index (χ4n) is 2.04. The summed E-state index contributed by atoms with van der Waals surface area (Å²) in [5.41, 5.74) is 3.28. The SMILES string of the molecule is COCc1cccc(-n2ccc(CNCC(C)C)n2)c1. The van der Waals surface area contributed by atoms with Crippen LogP contribution in [0.3, 0.4) is 0 Å². The van der Waals surface area contributed by atoms with Gasteiger partial charge in [0.25, 0.3) is 0 Å². The molecule has 1 heterocycles. The molecule has 108 valence electrons. The molecular formula is C16H23N3O. The first kappa shape index (κ1) is 14.8. The van der Waals surface area contributed by atoms with Gasteiger partial charge in [-0.2, -0.15) is 5.10 Å². The molecular weight excluding hydrogens is 250 g/mol. The maximum Gasteiger partial charge on any atom is 0.0766 e. The third-order valence-corrected chi connectivity index (χ3v) is 2.99. The molecule has 0 radical (unpaired) electrons. The van der Waals surface area contributed by atoms with Gasteiger partial charge in [-0.05, 0) is 36.2 Å². The summed E-state index contributed by atoms with van der Waals surface area (Å²) in [6.45, 7) is 6.84. The van der Waals surface area contributed by atoms with Gasteiger partial charge in [0.1, 0.15) is 0 Å². The second-order valence-electron chi connectivity index (χ2n) is 5.38. The molecule has 0 fully saturated rings. The van der Waals surface area contributed by atoms with Crippen molar-refractivity contribution in [2.45, 2.75) is 27.0 Å². The van der Waals surface area contributed by atoms with E-state index in [1.54, 1.807) is 7.11 Å². The predicted molar refractivity (Wildman–Crippen MR) is 80.8 cm³/mol. The lowest BCUT2D eigenvalue weighted by Gasteiger charge is -2.06. The number of methoxy groups -OCH3 is 1. The van der Waals surface area contributed by atoms with Crippen LogP contribution in [-0.2, 0) is 17.9 Å². The molecule has 4 nitrogen and oxygen atoms in total. The maximum atomic E-state index is 5.16. The van der Waals surface area contributed by atoms with E-state index in [-0.39, 0.29) is 0 Å². The van der Waals surface area contributed by atoms with E-state index in [9.17, 15) is 0 Å². The van der Waals surface area contributed by atoms with Crippen LogP contribution in [-0.4, -0.2) is 23.4 Å². The molecule has 0 aliphatic carbocycles. The van der Waals surface area contributed by atoms with Crippen LogP contribution >= 0.6 is 0 Å². The van der Waals surface area contributed by atoms with Crippen molar-refractivity contribution in [3.63, 3.8) is 0 Å². The average Bonchev–Trinajstić information content (AvgIpc) is 2.88. The van der Waals surface area contributed by atoms with Crippen LogP contribution < -0.4 is 5.32 Å². The molecule has 0 aliphatic heterocycles. The lowest BCUT2D eigenvalue weighted by Crippen LogP contribution is -2.19. The van der Waals surface area contributed by atoms with Crippen LogP contribution in [0.1, 0.15) is 25.1 Å². The van der Waals surface area contributed by atoms with Gasteiger partial charge in [0.15, 0.2) is 0 Å². The predicted octanol–water partition coefficient (Wildman–Crippen LogP) is 2.76. The van der Waals surface area contributed by atoms with Crippen molar-refractivity contribution in [1.82, 2.24) is 15.1 Å². The van der Waals surface area contributed by atoms with Gasteiger partial charge in [-0.3, -0.25) is 0 Å². The first-order chi connectivity index (χ1) is 9.69. The number of nitrogens with one attached hydrogen (secondary N) is 1. The van der Waals surface area contributed by atoms with Crippen molar-refractivity contribution in [3.8, 4) is 5.69 Å². The van der Waals surface area contributed by atoms with E-state index in [4.69, 9.17) is 4.74 Å². The summed E-state index contributed by atoms with van der Waals surface area (Å²) in [6.07, 6.45) is 2.00. The number of rotatable bonds is 7. The van der Waals surface area contributed by atoms with Crippen molar-refractivity contribution < 1.29 is 4.74 Å². The Bertz CT molecular complexity index is 534. The third kappa shape index (κ3) is 4.18. The lowest BCUT2D eigenvalue weighted by atomic mass is 10.2. The van der Waals surface area contributed by atoms with E-state index in [2.05, 4.69) is 48.5 Å². The monoisotopic (exact) mass is 273 g/mol. The maximum absolute atomic E-state index is 5.16. The molecule has 0 saturated heterocycles. The second kappa shape index (κ2) is 7.22. The Labute approximate surface area is 120 Å². The summed E-state index contributed by atoms with van der Waals surface area (Å²) < 4.78 is 7.07. The van der Waals surface area contributed by atoms with Crippen molar-refractivity contribution in [1.29, 1.82) is 0 Å². The van der Waals surface area contributed by atoms with E-state index < -0.39 is 0 Å². The molecule has 2 rings (SSSR count). The van der Waals surface area contributed by atoms with Gasteiger partial charge < -0.3 is 10.1 Å². The number of aromatic nitrogens is 2. The van der Waals surface area contributed by atoms with Gasteiger partial charge in [0.2, 0.25) is 0 Å². The minimum Gasteiger partial charge on any atom is -0.380 e. The minimum absolute atomic E-state index is 0.623. The zero-order valence-electron chi connectivity index (χ0n) is 12.5. The molecule has 1 aromatic heterocycles. The Kier molecular flexibility index (Phi) is 5.32. The number of hydrogen-bond donors (Lipinski definition) is 1. The fourth-order valence-corrected chi connectivity index (χ4v) is 2.04. The molecule has 0 bridgehead atoms. The molecule has 1 aromatic carbocycles. The molecule has 0 atom stereocenters. The molecule has 0 amide bonds. The van der Waals surface area contributed by atoms with E-state index in [1.165, 1.54) is 0 Å². The highest BCUT2D eigenvalue weighted by Crippen LogP contribution is 2.11. The zero-order chi connectivity index (χ0) is 14.4. The largest absolute Gasteiger partial charge is 0.380 e. The number of hydrogen-bond acceptors (Lipinski definition) is 3.